The predicted molar refractivity (Wildman–Crippen MR) is 87.1 cm³/mol. The van der Waals surface area contributed by atoms with Gasteiger partial charge in [0.15, 0.2) is 5.82 Å². The second kappa shape index (κ2) is 5.61. The third-order valence-electron chi connectivity index (χ3n) is 4.58. The normalized spacial score (nSPS) is 20.3. The average molecular weight is 309 g/mol. The van der Waals surface area contributed by atoms with Crippen LogP contribution in [0.3, 0.4) is 0 Å². The van der Waals surface area contributed by atoms with Crippen molar-refractivity contribution < 1.29 is 4.79 Å². The van der Waals surface area contributed by atoms with Crippen LogP contribution in [0.4, 0.5) is 5.82 Å². The molecule has 6 nitrogen and oxygen atoms in total. The molecule has 0 aromatic carbocycles. The summed E-state index contributed by atoms with van der Waals surface area (Å²) in [6.45, 7) is 3.36. The van der Waals surface area contributed by atoms with Gasteiger partial charge in [-0.3, -0.25) is 9.78 Å². The molecule has 1 aliphatic heterocycles. The maximum Gasteiger partial charge on any atom is 0.242 e. The van der Waals surface area contributed by atoms with Gasteiger partial charge in [-0.2, -0.15) is 0 Å². The van der Waals surface area contributed by atoms with Gasteiger partial charge < -0.3 is 10.2 Å². The van der Waals surface area contributed by atoms with Crippen molar-refractivity contribution in [2.75, 3.05) is 18.0 Å². The van der Waals surface area contributed by atoms with E-state index in [0.29, 0.717) is 12.4 Å². The zero-order valence-corrected chi connectivity index (χ0v) is 13.1. The topological polar surface area (TPSA) is 71.0 Å². The molecule has 3 heterocycles. The zero-order chi connectivity index (χ0) is 15.8. The summed E-state index contributed by atoms with van der Waals surface area (Å²) in [6.07, 6.45) is 4.80. The first-order chi connectivity index (χ1) is 11.2. The van der Waals surface area contributed by atoms with Crippen molar-refractivity contribution in [1.29, 1.82) is 0 Å². The van der Waals surface area contributed by atoms with E-state index in [1.807, 2.05) is 25.1 Å². The quantitative estimate of drug-likeness (QED) is 0.907. The molecular weight excluding hydrogens is 290 g/mol. The van der Waals surface area contributed by atoms with Gasteiger partial charge in [0.25, 0.3) is 0 Å². The number of carbonyl (C=O) groups is 1. The van der Waals surface area contributed by atoms with Crippen molar-refractivity contribution in [3.8, 4) is 11.5 Å². The molecule has 6 heteroatoms. The summed E-state index contributed by atoms with van der Waals surface area (Å²) >= 11 is 0. The number of aryl methyl sites for hydroxylation is 1. The SMILES string of the molecule is C[C@H]1C(=O)NCCN1c1nc(-c2ccccn2)nc2c1CCC2. The number of nitrogens with zero attached hydrogens (tertiary/aromatic N) is 4. The van der Waals surface area contributed by atoms with Crippen LogP contribution in [0.15, 0.2) is 24.4 Å². The summed E-state index contributed by atoms with van der Waals surface area (Å²) in [7, 11) is 0. The van der Waals surface area contributed by atoms with E-state index in [9.17, 15) is 4.79 Å². The molecule has 23 heavy (non-hydrogen) atoms. The van der Waals surface area contributed by atoms with Crippen LogP contribution in [-0.2, 0) is 17.6 Å². The number of nitrogens with one attached hydrogen (secondary N) is 1. The molecule has 118 valence electrons. The Kier molecular flexibility index (Phi) is 3.44. The summed E-state index contributed by atoms with van der Waals surface area (Å²) < 4.78 is 0. The zero-order valence-electron chi connectivity index (χ0n) is 13.1. The third kappa shape index (κ3) is 2.44. The van der Waals surface area contributed by atoms with Crippen molar-refractivity contribution in [3.63, 3.8) is 0 Å². The summed E-state index contributed by atoms with van der Waals surface area (Å²) in [5, 5.41) is 2.91. The van der Waals surface area contributed by atoms with E-state index in [-0.39, 0.29) is 11.9 Å². The summed E-state index contributed by atoms with van der Waals surface area (Å²) in [5.41, 5.74) is 3.08. The minimum Gasteiger partial charge on any atom is -0.353 e. The Hall–Kier alpha value is -2.50. The maximum absolute atomic E-state index is 12.0. The Morgan fingerprint density at radius 3 is 3.00 bits per heavy atom. The minimum absolute atomic E-state index is 0.0565. The van der Waals surface area contributed by atoms with Crippen LogP contribution in [0, 0.1) is 0 Å². The lowest BCUT2D eigenvalue weighted by atomic mass is 10.1. The van der Waals surface area contributed by atoms with Gasteiger partial charge in [0.1, 0.15) is 17.6 Å². The van der Waals surface area contributed by atoms with Crippen molar-refractivity contribution in [2.24, 2.45) is 0 Å². The van der Waals surface area contributed by atoms with Crippen molar-refractivity contribution >= 4 is 11.7 Å². The van der Waals surface area contributed by atoms with Gasteiger partial charge in [-0.05, 0) is 38.3 Å². The molecule has 2 aromatic heterocycles. The van der Waals surface area contributed by atoms with E-state index in [2.05, 4.69) is 15.2 Å². The smallest absolute Gasteiger partial charge is 0.242 e. The number of aromatic nitrogens is 3. The molecular formula is C17H19N5O. The highest BCUT2D eigenvalue weighted by Gasteiger charge is 2.31. The van der Waals surface area contributed by atoms with E-state index in [0.717, 1.165) is 43.0 Å². The number of rotatable bonds is 2. The summed E-state index contributed by atoms with van der Waals surface area (Å²) in [4.78, 5) is 28.0. The Morgan fingerprint density at radius 1 is 1.26 bits per heavy atom. The number of carbonyl (C=O) groups excluding carboxylic acids is 1. The highest BCUT2D eigenvalue weighted by Crippen LogP contribution is 2.32. The number of pyridine rings is 1. The van der Waals surface area contributed by atoms with Crippen LogP contribution < -0.4 is 10.2 Å². The standard InChI is InChI=1S/C17H19N5O/c1-11-17(23)19-9-10-22(11)16-12-5-4-7-13(12)20-15(21-16)14-6-2-3-8-18-14/h2-3,6,8,11H,4-5,7,9-10H2,1H3,(H,19,23)/t11-/m0/s1. The molecule has 1 aliphatic carbocycles. The number of fused-ring (bicyclic) bond motifs is 1. The Balaban J connectivity index is 1.82. The van der Waals surface area contributed by atoms with Crippen LogP contribution in [-0.4, -0.2) is 40.0 Å². The number of hydrogen-bond acceptors (Lipinski definition) is 5. The number of anilines is 1. The van der Waals surface area contributed by atoms with Crippen molar-refractivity contribution in [3.05, 3.63) is 35.7 Å². The van der Waals surface area contributed by atoms with E-state index in [4.69, 9.17) is 9.97 Å². The molecule has 1 amide bonds. The van der Waals surface area contributed by atoms with E-state index < -0.39 is 0 Å². The van der Waals surface area contributed by atoms with E-state index in [1.54, 1.807) is 6.20 Å². The highest BCUT2D eigenvalue weighted by molar-refractivity contribution is 5.86. The van der Waals surface area contributed by atoms with Crippen LogP contribution in [0.25, 0.3) is 11.5 Å². The van der Waals surface area contributed by atoms with Crippen LogP contribution in [0.5, 0.6) is 0 Å². The molecule has 0 bridgehead atoms. The highest BCUT2D eigenvalue weighted by atomic mass is 16.2. The van der Waals surface area contributed by atoms with Gasteiger partial charge in [-0.25, -0.2) is 9.97 Å². The maximum atomic E-state index is 12.0. The molecule has 0 saturated carbocycles. The molecule has 1 fully saturated rings. The van der Waals surface area contributed by atoms with Crippen molar-refractivity contribution in [2.45, 2.75) is 32.2 Å². The summed E-state index contributed by atoms with van der Waals surface area (Å²) in [5.74, 6) is 1.62. The second-order valence-electron chi connectivity index (χ2n) is 6.02. The molecule has 2 aliphatic rings. The Labute approximate surface area is 135 Å². The molecule has 0 unspecified atom stereocenters. The van der Waals surface area contributed by atoms with E-state index >= 15 is 0 Å². The van der Waals surface area contributed by atoms with Crippen LogP contribution in [0.1, 0.15) is 24.6 Å². The summed E-state index contributed by atoms with van der Waals surface area (Å²) in [6, 6.07) is 5.54. The average Bonchev–Trinajstić information content (AvgIpc) is 3.06. The second-order valence-corrected chi connectivity index (χ2v) is 6.02. The lowest BCUT2D eigenvalue weighted by molar-refractivity contribution is -0.122. The van der Waals surface area contributed by atoms with Gasteiger partial charge in [-0.15, -0.1) is 0 Å². The molecule has 1 saturated heterocycles. The van der Waals surface area contributed by atoms with Crippen LogP contribution in [0.2, 0.25) is 0 Å². The van der Waals surface area contributed by atoms with Crippen molar-refractivity contribution in [1.82, 2.24) is 20.3 Å². The van der Waals surface area contributed by atoms with Gasteiger partial charge >= 0.3 is 0 Å². The van der Waals surface area contributed by atoms with Crippen LogP contribution >= 0.6 is 0 Å². The largest absolute Gasteiger partial charge is 0.353 e. The molecule has 0 spiro atoms. The fourth-order valence-corrected chi connectivity index (χ4v) is 3.33. The fraction of sp³-hybridized carbons (Fsp3) is 0.412. The molecule has 1 N–H and O–H groups in total. The monoisotopic (exact) mass is 309 g/mol. The first-order valence-corrected chi connectivity index (χ1v) is 8.09. The molecule has 1 atom stereocenters. The molecule has 4 rings (SSSR count). The number of piperazine rings is 1. The first-order valence-electron chi connectivity index (χ1n) is 8.09. The van der Waals surface area contributed by atoms with E-state index in [1.165, 1.54) is 5.56 Å². The van der Waals surface area contributed by atoms with Gasteiger partial charge in [-0.1, -0.05) is 6.07 Å². The Morgan fingerprint density at radius 2 is 2.17 bits per heavy atom. The lowest BCUT2D eigenvalue weighted by Gasteiger charge is -2.35. The third-order valence-corrected chi connectivity index (χ3v) is 4.58. The number of amides is 1. The van der Waals surface area contributed by atoms with Gasteiger partial charge in [0.2, 0.25) is 5.91 Å². The lowest BCUT2D eigenvalue weighted by Crippen LogP contribution is -2.54. The minimum atomic E-state index is -0.208. The first kappa shape index (κ1) is 14.1. The Bertz CT molecular complexity index is 746. The predicted octanol–water partition coefficient (Wildman–Crippen LogP) is 1.35. The van der Waals surface area contributed by atoms with Gasteiger partial charge in [0.05, 0.1) is 0 Å². The van der Waals surface area contributed by atoms with Gasteiger partial charge in [0, 0.05) is 30.5 Å². The molecule has 2 aromatic rings. The fourth-order valence-electron chi connectivity index (χ4n) is 3.33. The number of hydrogen-bond donors (Lipinski definition) is 1. The molecule has 0 radical (unpaired) electrons.